The van der Waals surface area contributed by atoms with Crippen molar-refractivity contribution < 1.29 is 9.53 Å². The zero-order valence-electron chi connectivity index (χ0n) is 14.9. The van der Waals surface area contributed by atoms with Crippen molar-refractivity contribution >= 4 is 17.2 Å². The van der Waals surface area contributed by atoms with Crippen LogP contribution in [0, 0.1) is 0 Å². The van der Waals surface area contributed by atoms with E-state index in [1.54, 1.807) is 0 Å². The molecule has 0 atom stereocenters. The lowest BCUT2D eigenvalue weighted by Gasteiger charge is -2.43. The van der Waals surface area contributed by atoms with Crippen LogP contribution in [0.15, 0.2) is 42.6 Å². The average Bonchev–Trinajstić information content (AvgIpc) is 3.40. The molecule has 0 aliphatic carbocycles. The van der Waals surface area contributed by atoms with Gasteiger partial charge in [0, 0.05) is 29.3 Å². The van der Waals surface area contributed by atoms with Crippen molar-refractivity contribution in [3.8, 4) is 10.4 Å². The molecular formula is C20H20N4O2S. The Kier molecular flexibility index (Phi) is 4.06. The van der Waals surface area contributed by atoms with E-state index in [-0.39, 0.29) is 11.5 Å². The van der Waals surface area contributed by atoms with Gasteiger partial charge in [0.25, 0.3) is 5.91 Å². The van der Waals surface area contributed by atoms with Crippen molar-refractivity contribution in [1.29, 1.82) is 0 Å². The number of carbonyl (C=O) groups is 1. The quantitative estimate of drug-likeness (QED) is 0.741. The Bertz CT molecular complexity index is 944. The Morgan fingerprint density at radius 2 is 2.04 bits per heavy atom. The van der Waals surface area contributed by atoms with Gasteiger partial charge in [-0.2, -0.15) is 15.4 Å². The number of rotatable bonds is 2. The van der Waals surface area contributed by atoms with Crippen LogP contribution in [-0.4, -0.2) is 45.9 Å². The van der Waals surface area contributed by atoms with E-state index >= 15 is 0 Å². The number of thiophene rings is 1. The highest BCUT2D eigenvalue weighted by Gasteiger charge is 2.43. The Hall–Kier alpha value is -2.51. The predicted octanol–water partition coefficient (Wildman–Crippen LogP) is 3.24. The molecule has 0 bridgehead atoms. The van der Waals surface area contributed by atoms with Gasteiger partial charge < -0.3 is 9.64 Å². The summed E-state index contributed by atoms with van der Waals surface area (Å²) < 4.78 is 6.34. The van der Waals surface area contributed by atoms with Crippen molar-refractivity contribution in [3.05, 3.63) is 58.7 Å². The van der Waals surface area contributed by atoms with E-state index in [1.165, 1.54) is 27.1 Å². The first-order chi connectivity index (χ1) is 13.3. The molecule has 0 saturated carbocycles. The van der Waals surface area contributed by atoms with Gasteiger partial charge in [-0.15, -0.1) is 11.3 Å². The number of nitrogens with zero attached hydrogens (tertiary/aromatic N) is 3. The minimum atomic E-state index is -0.266. The molecule has 0 radical (unpaired) electrons. The number of nitrogens with one attached hydrogen (secondary N) is 1. The third-order valence-electron chi connectivity index (χ3n) is 5.56. The topological polar surface area (TPSA) is 71.1 Å². The number of hydrogen-bond acceptors (Lipinski definition) is 5. The molecule has 7 heteroatoms. The van der Waals surface area contributed by atoms with Crippen LogP contribution in [0.5, 0.6) is 0 Å². The summed E-state index contributed by atoms with van der Waals surface area (Å²) in [4.78, 5) is 17.1. The molecule has 1 saturated heterocycles. The van der Waals surface area contributed by atoms with E-state index in [4.69, 9.17) is 4.74 Å². The van der Waals surface area contributed by atoms with E-state index in [0.29, 0.717) is 18.8 Å². The van der Waals surface area contributed by atoms with E-state index in [9.17, 15) is 4.79 Å². The number of carbonyl (C=O) groups excluding carboxylic acids is 1. The Labute approximate surface area is 161 Å². The number of likely N-dealkylation sites (tertiary alicyclic amines) is 1. The lowest BCUT2D eigenvalue weighted by molar-refractivity contribution is -0.0926. The molecule has 3 aromatic rings. The van der Waals surface area contributed by atoms with Gasteiger partial charge in [-0.25, -0.2) is 0 Å². The SMILES string of the molecule is O=C(c1cn[nH]n1)N1CCC2(CC1)OCCc1sc(-c3ccccc3)cc12. The Morgan fingerprint density at radius 1 is 1.22 bits per heavy atom. The Balaban J connectivity index is 1.40. The molecule has 27 heavy (non-hydrogen) atoms. The van der Waals surface area contributed by atoms with Crippen molar-refractivity contribution in [2.45, 2.75) is 24.9 Å². The fourth-order valence-electron chi connectivity index (χ4n) is 4.11. The van der Waals surface area contributed by atoms with E-state index in [0.717, 1.165) is 25.9 Å². The van der Waals surface area contributed by atoms with Gasteiger partial charge in [0.1, 0.15) is 0 Å². The van der Waals surface area contributed by atoms with E-state index in [2.05, 4.69) is 45.7 Å². The normalized spacial score (nSPS) is 18.4. The van der Waals surface area contributed by atoms with Crippen LogP contribution in [0.3, 0.4) is 0 Å². The summed E-state index contributed by atoms with van der Waals surface area (Å²) in [6.07, 6.45) is 4.08. The molecule has 2 aliphatic heterocycles. The predicted molar refractivity (Wildman–Crippen MR) is 103 cm³/mol. The van der Waals surface area contributed by atoms with Gasteiger partial charge in [-0.05, 0) is 30.0 Å². The summed E-state index contributed by atoms with van der Waals surface area (Å²) in [7, 11) is 0. The van der Waals surface area contributed by atoms with E-state index in [1.807, 2.05) is 22.3 Å². The summed E-state index contributed by atoms with van der Waals surface area (Å²) in [6.45, 7) is 2.09. The molecule has 6 nitrogen and oxygen atoms in total. The Morgan fingerprint density at radius 3 is 2.78 bits per heavy atom. The number of hydrogen-bond donors (Lipinski definition) is 1. The molecule has 1 spiro atoms. The summed E-state index contributed by atoms with van der Waals surface area (Å²) in [5.41, 5.74) is 2.69. The summed E-state index contributed by atoms with van der Waals surface area (Å²) >= 11 is 1.88. The lowest BCUT2D eigenvalue weighted by Crippen LogP contribution is -2.48. The van der Waals surface area contributed by atoms with Crippen molar-refractivity contribution in [2.24, 2.45) is 0 Å². The van der Waals surface area contributed by atoms with Crippen LogP contribution in [0.2, 0.25) is 0 Å². The highest BCUT2D eigenvalue weighted by Crippen LogP contribution is 2.46. The van der Waals surface area contributed by atoms with Crippen molar-refractivity contribution in [1.82, 2.24) is 20.3 Å². The summed E-state index contributed by atoms with van der Waals surface area (Å²) in [6, 6.07) is 12.8. The van der Waals surface area contributed by atoms with Gasteiger partial charge in [0.2, 0.25) is 0 Å². The van der Waals surface area contributed by atoms with Gasteiger partial charge in [-0.3, -0.25) is 4.79 Å². The molecule has 5 rings (SSSR count). The number of ether oxygens (including phenoxy) is 1. The largest absolute Gasteiger partial charge is 0.370 e. The fraction of sp³-hybridized carbons (Fsp3) is 0.350. The maximum Gasteiger partial charge on any atom is 0.276 e. The number of H-pyrrole nitrogens is 1. The maximum absolute atomic E-state index is 12.5. The van der Waals surface area contributed by atoms with Gasteiger partial charge >= 0.3 is 0 Å². The highest BCUT2D eigenvalue weighted by atomic mass is 32.1. The van der Waals surface area contributed by atoms with Crippen LogP contribution in [0.4, 0.5) is 0 Å². The number of piperidine rings is 1. The smallest absolute Gasteiger partial charge is 0.276 e. The molecule has 2 aliphatic rings. The number of benzene rings is 1. The zero-order chi connectivity index (χ0) is 18.3. The van der Waals surface area contributed by atoms with Crippen LogP contribution < -0.4 is 0 Å². The number of amides is 1. The number of fused-ring (bicyclic) bond motifs is 2. The van der Waals surface area contributed by atoms with Gasteiger partial charge in [0.05, 0.1) is 18.4 Å². The highest BCUT2D eigenvalue weighted by molar-refractivity contribution is 7.15. The number of aromatic nitrogens is 3. The average molecular weight is 380 g/mol. The molecule has 1 amide bonds. The first-order valence-electron chi connectivity index (χ1n) is 9.23. The lowest BCUT2D eigenvalue weighted by atomic mass is 9.82. The molecular weight excluding hydrogens is 360 g/mol. The first-order valence-corrected chi connectivity index (χ1v) is 10.0. The van der Waals surface area contributed by atoms with Crippen LogP contribution >= 0.6 is 11.3 Å². The van der Waals surface area contributed by atoms with Crippen LogP contribution in [0.25, 0.3) is 10.4 Å². The molecule has 1 fully saturated rings. The second-order valence-electron chi connectivity index (χ2n) is 7.05. The molecule has 138 valence electrons. The van der Waals surface area contributed by atoms with Gasteiger partial charge in [0.15, 0.2) is 5.69 Å². The second kappa shape index (κ2) is 6.58. The minimum absolute atomic E-state index is 0.0649. The fourth-order valence-corrected chi connectivity index (χ4v) is 5.35. The molecule has 4 heterocycles. The van der Waals surface area contributed by atoms with Crippen molar-refractivity contribution in [2.75, 3.05) is 19.7 Å². The molecule has 0 unspecified atom stereocenters. The molecule has 2 aromatic heterocycles. The maximum atomic E-state index is 12.5. The number of aromatic amines is 1. The molecule has 1 aromatic carbocycles. The monoisotopic (exact) mass is 380 g/mol. The summed E-state index contributed by atoms with van der Waals surface area (Å²) in [5.74, 6) is -0.0649. The van der Waals surface area contributed by atoms with Crippen LogP contribution in [0.1, 0.15) is 33.8 Å². The minimum Gasteiger partial charge on any atom is -0.370 e. The van der Waals surface area contributed by atoms with E-state index < -0.39 is 0 Å². The van der Waals surface area contributed by atoms with Crippen molar-refractivity contribution in [3.63, 3.8) is 0 Å². The second-order valence-corrected chi connectivity index (χ2v) is 8.19. The third-order valence-corrected chi connectivity index (χ3v) is 6.80. The molecule has 1 N–H and O–H groups in total. The van der Waals surface area contributed by atoms with Crippen LogP contribution in [-0.2, 0) is 16.8 Å². The zero-order valence-corrected chi connectivity index (χ0v) is 15.7. The first kappa shape index (κ1) is 16.6. The van der Waals surface area contributed by atoms with Gasteiger partial charge in [-0.1, -0.05) is 30.3 Å². The third kappa shape index (κ3) is 2.87. The standard InChI is InChI=1S/C20H20N4O2S/c25-19(16-13-21-23-22-16)24-9-7-20(8-10-24)15-12-18(14-4-2-1-3-5-14)27-17(15)6-11-26-20/h1-5,12-13H,6-11H2,(H,21,22,23). The summed E-state index contributed by atoms with van der Waals surface area (Å²) in [5, 5.41) is 10.2.